The second-order valence-electron chi connectivity index (χ2n) is 6.71. The van der Waals surface area contributed by atoms with Gasteiger partial charge in [-0.2, -0.15) is 5.10 Å². The van der Waals surface area contributed by atoms with E-state index in [9.17, 15) is 9.90 Å². The summed E-state index contributed by atoms with van der Waals surface area (Å²) in [5, 5.41) is 17.9. The SMILES string of the molecule is CC(C)[C@@](C)(Cc1ccc(Cl)cc1)NC(=O)[C@H](O)c1cnn(C)c1. The Morgan fingerprint density at radius 1 is 1.38 bits per heavy atom. The standard InChI is InChI=1S/C18H24ClN3O2/c1-12(2)18(3,9-13-5-7-15(19)8-6-13)21-17(24)16(23)14-10-20-22(4)11-14/h5-8,10-12,16,23H,9H2,1-4H3,(H,21,24)/t16-,18-/m1/s1. The normalized spacial score (nSPS) is 15.1. The van der Waals surface area contributed by atoms with Gasteiger partial charge in [0.25, 0.3) is 5.91 Å². The Labute approximate surface area is 147 Å². The molecule has 2 rings (SSSR count). The fraction of sp³-hybridized carbons (Fsp3) is 0.444. The number of carbonyl (C=O) groups excluding carboxylic acids is 1. The first-order valence-electron chi connectivity index (χ1n) is 7.94. The molecule has 0 fully saturated rings. The number of aryl methyl sites for hydroxylation is 1. The third-order valence-electron chi connectivity index (χ3n) is 4.46. The van der Waals surface area contributed by atoms with Gasteiger partial charge in [0, 0.05) is 29.4 Å². The number of nitrogens with one attached hydrogen (secondary N) is 1. The molecule has 0 radical (unpaired) electrons. The lowest BCUT2D eigenvalue weighted by Crippen LogP contribution is -2.53. The van der Waals surface area contributed by atoms with E-state index >= 15 is 0 Å². The van der Waals surface area contributed by atoms with Gasteiger partial charge in [0.05, 0.1) is 6.20 Å². The maximum Gasteiger partial charge on any atom is 0.254 e. The van der Waals surface area contributed by atoms with Gasteiger partial charge < -0.3 is 10.4 Å². The summed E-state index contributed by atoms with van der Waals surface area (Å²) >= 11 is 5.93. The number of hydrogen-bond donors (Lipinski definition) is 2. The van der Waals surface area contributed by atoms with Gasteiger partial charge in [-0.1, -0.05) is 37.6 Å². The number of rotatable bonds is 6. The molecule has 0 saturated carbocycles. The minimum atomic E-state index is -1.23. The third kappa shape index (κ3) is 4.36. The van der Waals surface area contributed by atoms with Crippen molar-refractivity contribution in [2.75, 3.05) is 0 Å². The van der Waals surface area contributed by atoms with Crippen LogP contribution in [0.1, 0.15) is 38.0 Å². The monoisotopic (exact) mass is 349 g/mol. The van der Waals surface area contributed by atoms with Crippen LogP contribution in [0.25, 0.3) is 0 Å². The fourth-order valence-electron chi connectivity index (χ4n) is 2.50. The number of carbonyl (C=O) groups is 1. The van der Waals surface area contributed by atoms with Crippen molar-refractivity contribution in [3.8, 4) is 0 Å². The fourth-order valence-corrected chi connectivity index (χ4v) is 2.63. The molecule has 1 aromatic carbocycles. The summed E-state index contributed by atoms with van der Waals surface area (Å²) in [6.45, 7) is 6.08. The number of halogens is 1. The zero-order valence-electron chi connectivity index (χ0n) is 14.5. The summed E-state index contributed by atoms with van der Waals surface area (Å²) in [6.07, 6.45) is 2.54. The molecule has 0 bridgehead atoms. The highest BCUT2D eigenvalue weighted by molar-refractivity contribution is 6.30. The second kappa shape index (κ2) is 7.36. The Hall–Kier alpha value is -1.85. The predicted octanol–water partition coefficient (Wildman–Crippen LogP) is 2.88. The van der Waals surface area contributed by atoms with Crippen LogP contribution in [0.15, 0.2) is 36.7 Å². The van der Waals surface area contributed by atoms with Crippen LogP contribution in [0, 0.1) is 5.92 Å². The van der Waals surface area contributed by atoms with Crippen molar-refractivity contribution in [2.24, 2.45) is 13.0 Å². The highest BCUT2D eigenvalue weighted by Gasteiger charge is 2.33. The van der Waals surface area contributed by atoms with E-state index in [0.717, 1.165) is 5.56 Å². The minimum absolute atomic E-state index is 0.179. The van der Waals surface area contributed by atoms with Crippen molar-refractivity contribution in [1.29, 1.82) is 0 Å². The van der Waals surface area contributed by atoms with Crippen LogP contribution in [0.5, 0.6) is 0 Å². The third-order valence-corrected chi connectivity index (χ3v) is 4.71. The first-order chi connectivity index (χ1) is 11.2. The molecule has 1 heterocycles. The number of aromatic nitrogens is 2. The van der Waals surface area contributed by atoms with Crippen LogP contribution >= 0.6 is 11.6 Å². The molecule has 5 nitrogen and oxygen atoms in total. The lowest BCUT2D eigenvalue weighted by atomic mass is 9.82. The molecule has 0 aliphatic heterocycles. The topological polar surface area (TPSA) is 67.2 Å². The number of amides is 1. The van der Waals surface area contributed by atoms with Gasteiger partial charge in [-0.3, -0.25) is 9.48 Å². The molecule has 2 N–H and O–H groups in total. The van der Waals surface area contributed by atoms with Gasteiger partial charge in [0.1, 0.15) is 0 Å². The molecule has 0 aliphatic carbocycles. The van der Waals surface area contributed by atoms with E-state index < -0.39 is 17.6 Å². The average molecular weight is 350 g/mol. The smallest absolute Gasteiger partial charge is 0.254 e. The van der Waals surface area contributed by atoms with Crippen LogP contribution in [0.2, 0.25) is 5.02 Å². The summed E-state index contributed by atoms with van der Waals surface area (Å²) in [5.41, 5.74) is 1.06. The molecule has 130 valence electrons. The van der Waals surface area contributed by atoms with E-state index in [2.05, 4.69) is 10.4 Å². The number of benzene rings is 1. The van der Waals surface area contributed by atoms with Gasteiger partial charge in [-0.15, -0.1) is 0 Å². The van der Waals surface area contributed by atoms with Crippen molar-refractivity contribution in [2.45, 2.75) is 38.8 Å². The summed E-state index contributed by atoms with van der Waals surface area (Å²) in [6, 6.07) is 7.58. The highest BCUT2D eigenvalue weighted by Crippen LogP contribution is 2.24. The van der Waals surface area contributed by atoms with E-state index in [4.69, 9.17) is 11.6 Å². The van der Waals surface area contributed by atoms with E-state index in [-0.39, 0.29) is 5.92 Å². The molecule has 0 aliphatic rings. The number of nitrogens with zero attached hydrogens (tertiary/aromatic N) is 2. The van der Waals surface area contributed by atoms with E-state index in [0.29, 0.717) is 17.0 Å². The molecule has 1 amide bonds. The molecular weight excluding hydrogens is 326 g/mol. The van der Waals surface area contributed by atoms with Gasteiger partial charge in [-0.05, 0) is 37.0 Å². The highest BCUT2D eigenvalue weighted by atomic mass is 35.5. The Kier molecular flexibility index (Phi) is 5.67. The molecule has 0 unspecified atom stereocenters. The molecule has 0 spiro atoms. The number of hydrogen-bond acceptors (Lipinski definition) is 3. The van der Waals surface area contributed by atoms with Gasteiger partial charge in [0.2, 0.25) is 0 Å². The van der Waals surface area contributed by atoms with Crippen LogP contribution < -0.4 is 5.32 Å². The molecular formula is C18H24ClN3O2. The molecule has 6 heteroatoms. The Balaban J connectivity index is 2.14. The first-order valence-corrected chi connectivity index (χ1v) is 8.32. The summed E-state index contributed by atoms with van der Waals surface area (Å²) in [4.78, 5) is 12.5. The van der Waals surface area contributed by atoms with Crippen LogP contribution in [-0.4, -0.2) is 26.3 Å². The van der Waals surface area contributed by atoms with Crippen LogP contribution in [-0.2, 0) is 18.3 Å². The quantitative estimate of drug-likeness (QED) is 0.842. The van der Waals surface area contributed by atoms with Gasteiger partial charge >= 0.3 is 0 Å². The second-order valence-corrected chi connectivity index (χ2v) is 7.15. The molecule has 24 heavy (non-hydrogen) atoms. The number of aliphatic hydroxyl groups excluding tert-OH is 1. The summed E-state index contributed by atoms with van der Waals surface area (Å²) in [5.74, 6) is -0.244. The maximum absolute atomic E-state index is 12.5. The van der Waals surface area contributed by atoms with Crippen molar-refractivity contribution in [1.82, 2.24) is 15.1 Å². The zero-order valence-corrected chi connectivity index (χ0v) is 15.2. The summed E-state index contributed by atoms with van der Waals surface area (Å²) in [7, 11) is 1.74. The van der Waals surface area contributed by atoms with Crippen molar-refractivity contribution in [3.63, 3.8) is 0 Å². The lowest BCUT2D eigenvalue weighted by Gasteiger charge is -2.36. The summed E-state index contributed by atoms with van der Waals surface area (Å²) < 4.78 is 1.56. The van der Waals surface area contributed by atoms with E-state index in [1.807, 2.05) is 45.0 Å². The molecule has 1 aromatic heterocycles. The van der Waals surface area contributed by atoms with Gasteiger partial charge in [-0.25, -0.2) is 0 Å². The predicted molar refractivity (Wildman–Crippen MR) is 94.7 cm³/mol. The maximum atomic E-state index is 12.5. The Bertz CT molecular complexity index is 697. The molecule has 0 saturated heterocycles. The van der Waals surface area contributed by atoms with Crippen molar-refractivity contribution in [3.05, 3.63) is 52.8 Å². The zero-order chi connectivity index (χ0) is 17.9. The van der Waals surface area contributed by atoms with Crippen LogP contribution in [0.4, 0.5) is 0 Å². The van der Waals surface area contributed by atoms with E-state index in [1.54, 1.807) is 17.9 Å². The largest absolute Gasteiger partial charge is 0.378 e. The van der Waals surface area contributed by atoms with Crippen LogP contribution in [0.3, 0.4) is 0 Å². The average Bonchev–Trinajstić information content (AvgIpc) is 2.95. The van der Waals surface area contributed by atoms with Gasteiger partial charge in [0.15, 0.2) is 6.10 Å². The molecule has 2 atom stereocenters. The van der Waals surface area contributed by atoms with Crippen molar-refractivity contribution >= 4 is 17.5 Å². The van der Waals surface area contributed by atoms with Crippen molar-refractivity contribution < 1.29 is 9.90 Å². The minimum Gasteiger partial charge on any atom is -0.378 e. The van der Waals surface area contributed by atoms with E-state index in [1.165, 1.54) is 6.20 Å². The Morgan fingerprint density at radius 3 is 2.50 bits per heavy atom. The molecule has 2 aromatic rings. The first kappa shape index (κ1) is 18.5. The number of aliphatic hydroxyl groups is 1. The lowest BCUT2D eigenvalue weighted by molar-refractivity contribution is -0.132. The Morgan fingerprint density at radius 2 is 2.00 bits per heavy atom.